The molecule has 0 saturated carbocycles. The van der Waals surface area contributed by atoms with Crippen molar-refractivity contribution in [3.63, 3.8) is 0 Å². The molecule has 0 spiro atoms. The van der Waals surface area contributed by atoms with Crippen LogP contribution >= 0.6 is 0 Å². The predicted molar refractivity (Wildman–Crippen MR) is 83.2 cm³/mol. The van der Waals surface area contributed by atoms with E-state index < -0.39 is 18.2 Å². The smallest absolute Gasteiger partial charge is 0.308 e. The monoisotopic (exact) mass is 310 g/mol. The Labute approximate surface area is 131 Å². The first kappa shape index (κ1) is 18.6. The minimum Gasteiger partial charge on any atom is -0.463 e. The average Bonchev–Trinajstić information content (AvgIpc) is 2.47. The van der Waals surface area contributed by atoms with E-state index in [1.807, 2.05) is 37.3 Å². The molecule has 1 unspecified atom stereocenters. The first-order chi connectivity index (χ1) is 10.5. The lowest BCUT2D eigenvalue weighted by Gasteiger charge is -2.17. The van der Waals surface area contributed by atoms with Gasteiger partial charge in [0.15, 0.2) is 0 Å². The van der Waals surface area contributed by atoms with E-state index >= 15 is 0 Å². The van der Waals surface area contributed by atoms with Crippen LogP contribution < -0.4 is 0 Å². The summed E-state index contributed by atoms with van der Waals surface area (Å²) >= 11 is 0. The van der Waals surface area contributed by atoms with Crippen LogP contribution in [-0.2, 0) is 20.9 Å². The number of benzene rings is 1. The molecular formula is C17H26O5. The molecule has 0 aliphatic heterocycles. The molecule has 0 bridgehead atoms. The molecule has 22 heavy (non-hydrogen) atoms. The van der Waals surface area contributed by atoms with Crippen molar-refractivity contribution in [3.05, 3.63) is 35.9 Å². The maximum Gasteiger partial charge on any atom is 0.308 e. The fourth-order valence-electron chi connectivity index (χ4n) is 1.90. The summed E-state index contributed by atoms with van der Waals surface area (Å²) in [5.74, 6) is -0.445. The van der Waals surface area contributed by atoms with Crippen molar-refractivity contribution in [1.29, 1.82) is 0 Å². The van der Waals surface area contributed by atoms with E-state index in [-0.39, 0.29) is 25.6 Å². The summed E-state index contributed by atoms with van der Waals surface area (Å²) in [6.07, 6.45) is -1.18. The van der Waals surface area contributed by atoms with Gasteiger partial charge in [0.05, 0.1) is 37.9 Å². The summed E-state index contributed by atoms with van der Waals surface area (Å²) in [6, 6.07) is 9.63. The third-order valence-corrected chi connectivity index (χ3v) is 3.28. The van der Waals surface area contributed by atoms with Crippen molar-refractivity contribution in [2.24, 2.45) is 0 Å². The zero-order chi connectivity index (χ0) is 16.4. The van der Waals surface area contributed by atoms with Crippen molar-refractivity contribution in [2.75, 3.05) is 6.61 Å². The molecule has 0 radical (unpaired) electrons. The Hall–Kier alpha value is -1.43. The topological polar surface area (TPSA) is 76.0 Å². The molecule has 124 valence electrons. The molecule has 1 aromatic carbocycles. The van der Waals surface area contributed by atoms with E-state index in [1.54, 1.807) is 6.92 Å². The number of carbonyl (C=O) groups excluding carboxylic acids is 1. The maximum absolute atomic E-state index is 11.5. The number of hydrogen-bond acceptors (Lipinski definition) is 5. The van der Waals surface area contributed by atoms with E-state index in [0.29, 0.717) is 6.61 Å². The number of esters is 1. The fourth-order valence-corrected chi connectivity index (χ4v) is 1.90. The van der Waals surface area contributed by atoms with Crippen LogP contribution in [0.25, 0.3) is 0 Å². The highest BCUT2D eigenvalue weighted by atomic mass is 16.5. The van der Waals surface area contributed by atoms with Crippen LogP contribution in [0.5, 0.6) is 0 Å². The van der Waals surface area contributed by atoms with Gasteiger partial charge in [-0.3, -0.25) is 4.79 Å². The maximum atomic E-state index is 11.5. The number of rotatable bonds is 10. The number of aliphatic hydroxyl groups is 2. The molecular weight excluding hydrogens is 284 g/mol. The van der Waals surface area contributed by atoms with E-state index in [0.717, 1.165) is 12.0 Å². The molecule has 3 atom stereocenters. The second-order valence-electron chi connectivity index (χ2n) is 5.46. The molecule has 0 heterocycles. The zero-order valence-corrected chi connectivity index (χ0v) is 13.3. The first-order valence-corrected chi connectivity index (χ1v) is 7.68. The quantitative estimate of drug-likeness (QED) is 0.647. The van der Waals surface area contributed by atoms with Crippen molar-refractivity contribution in [3.8, 4) is 0 Å². The molecule has 1 rings (SSSR count). The van der Waals surface area contributed by atoms with E-state index in [2.05, 4.69) is 0 Å². The molecule has 1 aromatic rings. The molecule has 0 amide bonds. The lowest BCUT2D eigenvalue weighted by molar-refractivity contribution is -0.151. The van der Waals surface area contributed by atoms with E-state index in [1.165, 1.54) is 0 Å². The number of hydrogen-bond donors (Lipinski definition) is 2. The van der Waals surface area contributed by atoms with Gasteiger partial charge >= 0.3 is 5.97 Å². The van der Waals surface area contributed by atoms with Gasteiger partial charge < -0.3 is 19.7 Å². The molecule has 5 nitrogen and oxygen atoms in total. The molecule has 0 aliphatic carbocycles. The molecule has 0 fully saturated rings. The molecule has 2 N–H and O–H groups in total. The second-order valence-corrected chi connectivity index (χ2v) is 5.46. The standard InChI is InChI=1S/C17H26O5/c1-3-13(2)22-17(20)10-15(18)9-16(19)12-21-11-14-7-5-4-6-8-14/h4-8,13,15-16,18-19H,3,9-12H2,1-2H3/t13?,15-,16-/m1/s1. The van der Waals surface area contributed by atoms with Gasteiger partial charge in [0.1, 0.15) is 0 Å². The number of aliphatic hydroxyl groups excluding tert-OH is 2. The SMILES string of the molecule is CCC(C)OC(=O)C[C@H](O)C[C@@H](O)COCc1ccccc1. The minimum absolute atomic E-state index is 0.0877. The summed E-state index contributed by atoms with van der Waals surface area (Å²) in [4.78, 5) is 11.5. The Bertz CT molecular complexity index is 420. The van der Waals surface area contributed by atoms with E-state index in [9.17, 15) is 15.0 Å². The van der Waals surface area contributed by atoms with Gasteiger partial charge in [-0.25, -0.2) is 0 Å². The fraction of sp³-hybridized carbons (Fsp3) is 0.588. The van der Waals surface area contributed by atoms with Gasteiger partial charge in [0.2, 0.25) is 0 Å². The highest BCUT2D eigenvalue weighted by Crippen LogP contribution is 2.08. The Kier molecular flexibility index (Phi) is 8.74. The van der Waals surface area contributed by atoms with Gasteiger partial charge in [-0.15, -0.1) is 0 Å². The molecule has 0 saturated heterocycles. The van der Waals surface area contributed by atoms with Crippen molar-refractivity contribution < 1.29 is 24.5 Å². The third-order valence-electron chi connectivity index (χ3n) is 3.28. The van der Waals surface area contributed by atoms with Crippen molar-refractivity contribution in [1.82, 2.24) is 0 Å². The van der Waals surface area contributed by atoms with Gasteiger partial charge in [0, 0.05) is 6.42 Å². The molecule has 5 heteroatoms. The van der Waals surface area contributed by atoms with Crippen molar-refractivity contribution >= 4 is 5.97 Å². The van der Waals surface area contributed by atoms with Crippen LogP contribution in [0.1, 0.15) is 38.7 Å². The summed E-state index contributed by atoms with van der Waals surface area (Å²) < 4.78 is 10.5. The van der Waals surface area contributed by atoms with Crippen LogP contribution in [0, 0.1) is 0 Å². The molecule has 0 aliphatic rings. The highest BCUT2D eigenvalue weighted by Gasteiger charge is 2.18. The summed E-state index contributed by atoms with van der Waals surface area (Å²) in [6.45, 7) is 4.25. The lowest BCUT2D eigenvalue weighted by atomic mass is 10.1. The van der Waals surface area contributed by atoms with Gasteiger partial charge in [0.25, 0.3) is 0 Å². The highest BCUT2D eigenvalue weighted by molar-refractivity contribution is 5.70. The summed E-state index contributed by atoms with van der Waals surface area (Å²) in [7, 11) is 0. The predicted octanol–water partition coefficient (Wildman–Crippen LogP) is 2.05. The van der Waals surface area contributed by atoms with Crippen LogP contribution in [0.2, 0.25) is 0 Å². The van der Waals surface area contributed by atoms with Crippen molar-refractivity contribution in [2.45, 2.75) is 58.0 Å². The first-order valence-electron chi connectivity index (χ1n) is 7.68. The normalized spacial score (nSPS) is 15.1. The summed E-state index contributed by atoms with van der Waals surface area (Å²) in [5.41, 5.74) is 1.02. The van der Waals surface area contributed by atoms with Crippen LogP contribution in [0.3, 0.4) is 0 Å². The van der Waals surface area contributed by atoms with Crippen LogP contribution in [0.15, 0.2) is 30.3 Å². The van der Waals surface area contributed by atoms with Crippen LogP contribution in [-0.4, -0.2) is 41.1 Å². The Morgan fingerprint density at radius 1 is 1.18 bits per heavy atom. The molecule has 0 aromatic heterocycles. The largest absolute Gasteiger partial charge is 0.463 e. The zero-order valence-electron chi connectivity index (χ0n) is 13.3. The Morgan fingerprint density at radius 3 is 2.50 bits per heavy atom. The Morgan fingerprint density at radius 2 is 1.86 bits per heavy atom. The van der Waals surface area contributed by atoms with Gasteiger partial charge in [-0.1, -0.05) is 37.3 Å². The number of carbonyl (C=O) groups is 1. The van der Waals surface area contributed by atoms with Gasteiger partial charge in [-0.2, -0.15) is 0 Å². The van der Waals surface area contributed by atoms with Gasteiger partial charge in [-0.05, 0) is 18.9 Å². The summed E-state index contributed by atoms with van der Waals surface area (Å²) in [5, 5.41) is 19.6. The van der Waals surface area contributed by atoms with Crippen LogP contribution in [0.4, 0.5) is 0 Å². The number of ether oxygens (including phenoxy) is 2. The van der Waals surface area contributed by atoms with E-state index in [4.69, 9.17) is 9.47 Å². The third kappa shape index (κ3) is 8.12. The second kappa shape index (κ2) is 10.3. The minimum atomic E-state index is -0.924. The Balaban J connectivity index is 2.18. The lowest BCUT2D eigenvalue weighted by Crippen LogP contribution is -2.26. The average molecular weight is 310 g/mol.